The second-order valence-corrected chi connectivity index (χ2v) is 3.94. The monoisotopic (exact) mass is 287 g/mol. The van der Waals surface area contributed by atoms with Crippen LogP contribution in [0.3, 0.4) is 0 Å². The zero-order chi connectivity index (χ0) is 14.9. The Morgan fingerprint density at radius 3 is 2.70 bits per heavy atom. The zero-order valence-electron chi connectivity index (χ0n) is 10.8. The van der Waals surface area contributed by atoms with Crippen LogP contribution in [-0.4, -0.2) is 29.5 Å². The quantitative estimate of drug-likeness (QED) is 0.922. The molecule has 0 spiro atoms. The molecule has 20 heavy (non-hydrogen) atoms. The van der Waals surface area contributed by atoms with Crippen LogP contribution in [0.15, 0.2) is 18.2 Å². The summed E-state index contributed by atoms with van der Waals surface area (Å²) in [7, 11) is 1.51. The van der Waals surface area contributed by atoms with E-state index in [1.54, 1.807) is 6.92 Å². The summed E-state index contributed by atoms with van der Waals surface area (Å²) in [5.41, 5.74) is -0.550. The number of hydrogen-bond donors (Lipinski definition) is 1. The van der Waals surface area contributed by atoms with Gasteiger partial charge in [0.2, 0.25) is 0 Å². The molecule has 1 aromatic carbocycles. The summed E-state index contributed by atoms with van der Waals surface area (Å²) in [4.78, 5) is 11.7. The highest BCUT2D eigenvalue weighted by Gasteiger charge is 2.31. The molecular formula is C12H12F3N3O2. The lowest BCUT2D eigenvalue weighted by Gasteiger charge is -2.07. The van der Waals surface area contributed by atoms with Gasteiger partial charge in [0, 0.05) is 12.4 Å². The largest absolute Gasteiger partial charge is 0.448 e. The lowest BCUT2D eigenvalue weighted by Crippen LogP contribution is -2.15. The second-order valence-electron chi connectivity index (χ2n) is 3.94. The van der Waals surface area contributed by atoms with Crippen molar-refractivity contribution in [3.05, 3.63) is 23.8 Å². The Bertz CT molecular complexity index is 649. The maximum Gasteiger partial charge on any atom is 0.435 e. The molecule has 1 aromatic heterocycles. The number of halogens is 3. The highest BCUT2D eigenvalue weighted by atomic mass is 19.4. The smallest absolute Gasteiger partial charge is 0.435 e. The van der Waals surface area contributed by atoms with Gasteiger partial charge in [-0.05, 0) is 25.1 Å². The number of benzene rings is 1. The Morgan fingerprint density at radius 1 is 1.45 bits per heavy atom. The molecule has 0 atom stereocenters. The van der Waals surface area contributed by atoms with E-state index in [1.165, 1.54) is 13.1 Å². The first-order chi connectivity index (χ1) is 9.38. The fourth-order valence-electron chi connectivity index (χ4n) is 1.80. The third-order valence-corrected chi connectivity index (χ3v) is 2.68. The van der Waals surface area contributed by atoms with Gasteiger partial charge in [-0.3, -0.25) is 0 Å². The standard InChI is InChI=1S/C12H12F3N3O2/c1-3-20-11(19)18-9-5-4-7(12(13,14)15)6-8(9)10(16-2)17-18/h4-6H,3H2,1-2H3,(H,16,17). The number of ether oxygens (including phenoxy) is 1. The second kappa shape index (κ2) is 5.03. The number of anilines is 1. The van der Waals surface area contributed by atoms with E-state index < -0.39 is 17.8 Å². The summed E-state index contributed by atoms with van der Waals surface area (Å²) in [6.45, 7) is 1.78. The minimum absolute atomic E-state index is 0.149. The van der Waals surface area contributed by atoms with Crippen molar-refractivity contribution < 1.29 is 22.7 Å². The number of aromatic nitrogens is 2. The number of rotatable bonds is 2. The first-order valence-electron chi connectivity index (χ1n) is 5.83. The van der Waals surface area contributed by atoms with Gasteiger partial charge >= 0.3 is 12.3 Å². The third-order valence-electron chi connectivity index (χ3n) is 2.68. The Balaban J connectivity index is 2.62. The molecule has 0 saturated carbocycles. The Morgan fingerprint density at radius 2 is 2.15 bits per heavy atom. The molecule has 1 heterocycles. The van der Waals surface area contributed by atoms with Gasteiger partial charge in [0.15, 0.2) is 5.82 Å². The molecule has 2 aromatic rings. The minimum atomic E-state index is -4.45. The van der Waals surface area contributed by atoms with Crippen LogP contribution in [0.25, 0.3) is 10.9 Å². The van der Waals surface area contributed by atoms with Gasteiger partial charge in [0.25, 0.3) is 0 Å². The first-order valence-corrected chi connectivity index (χ1v) is 5.83. The van der Waals surface area contributed by atoms with E-state index >= 15 is 0 Å². The Hall–Kier alpha value is -2.25. The van der Waals surface area contributed by atoms with Gasteiger partial charge < -0.3 is 10.1 Å². The van der Waals surface area contributed by atoms with E-state index in [9.17, 15) is 18.0 Å². The first kappa shape index (κ1) is 14.2. The average Bonchev–Trinajstić information content (AvgIpc) is 2.75. The van der Waals surface area contributed by atoms with Crippen LogP contribution >= 0.6 is 0 Å². The van der Waals surface area contributed by atoms with E-state index in [-0.39, 0.29) is 23.3 Å². The van der Waals surface area contributed by atoms with Crippen molar-refractivity contribution in [1.29, 1.82) is 0 Å². The molecule has 0 amide bonds. The van der Waals surface area contributed by atoms with Crippen molar-refractivity contribution in [1.82, 2.24) is 9.78 Å². The number of nitrogens with zero attached hydrogens (tertiary/aromatic N) is 2. The molecule has 0 fully saturated rings. The predicted molar refractivity (Wildman–Crippen MR) is 66.7 cm³/mol. The van der Waals surface area contributed by atoms with Gasteiger partial charge in [0.05, 0.1) is 17.7 Å². The van der Waals surface area contributed by atoms with E-state index in [2.05, 4.69) is 10.4 Å². The number of fused-ring (bicyclic) bond motifs is 1. The van der Waals surface area contributed by atoms with E-state index in [4.69, 9.17) is 4.74 Å². The average molecular weight is 287 g/mol. The molecular weight excluding hydrogens is 275 g/mol. The SMILES string of the molecule is CCOC(=O)n1nc(NC)c2cc(C(F)(F)F)ccc21. The number of alkyl halides is 3. The highest BCUT2D eigenvalue weighted by Crippen LogP contribution is 2.33. The van der Waals surface area contributed by atoms with Crippen molar-refractivity contribution in [2.24, 2.45) is 0 Å². The van der Waals surface area contributed by atoms with E-state index in [0.29, 0.717) is 0 Å². The summed E-state index contributed by atoms with van der Waals surface area (Å²) >= 11 is 0. The number of nitrogens with one attached hydrogen (secondary N) is 1. The van der Waals surface area contributed by atoms with Gasteiger partial charge in [-0.25, -0.2) is 4.79 Å². The summed E-state index contributed by atoms with van der Waals surface area (Å²) in [5, 5.41) is 6.78. The van der Waals surface area contributed by atoms with Crippen molar-refractivity contribution in [2.45, 2.75) is 13.1 Å². The molecule has 8 heteroatoms. The van der Waals surface area contributed by atoms with E-state index in [0.717, 1.165) is 16.8 Å². The molecule has 5 nitrogen and oxygen atoms in total. The van der Waals surface area contributed by atoms with Crippen molar-refractivity contribution in [3.63, 3.8) is 0 Å². The fraction of sp³-hybridized carbons (Fsp3) is 0.333. The lowest BCUT2D eigenvalue weighted by atomic mass is 10.1. The Labute approximate surface area is 112 Å². The molecule has 0 unspecified atom stereocenters. The van der Waals surface area contributed by atoms with Crippen LogP contribution in [0.5, 0.6) is 0 Å². The number of carbonyl (C=O) groups excluding carboxylic acids is 1. The summed E-state index contributed by atoms with van der Waals surface area (Å²) < 4.78 is 43.8. The molecule has 0 bridgehead atoms. The van der Waals surface area contributed by atoms with Crippen molar-refractivity contribution in [3.8, 4) is 0 Å². The third kappa shape index (κ3) is 2.40. The van der Waals surface area contributed by atoms with Crippen LogP contribution in [0.4, 0.5) is 23.8 Å². The minimum Gasteiger partial charge on any atom is -0.448 e. The van der Waals surface area contributed by atoms with Crippen molar-refractivity contribution >= 4 is 22.8 Å². The molecule has 0 aliphatic carbocycles. The van der Waals surface area contributed by atoms with Crippen LogP contribution < -0.4 is 5.32 Å². The van der Waals surface area contributed by atoms with Crippen LogP contribution in [-0.2, 0) is 10.9 Å². The number of carbonyl (C=O) groups is 1. The Kier molecular flexibility index (Phi) is 3.56. The maximum absolute atomic E-state index is 12.7. The fourth-order valence-corrected chi connectivity index (χ4v) is 1.80. The van der Waals surface area contributed by atoms with Gasteiger partial charge in [-0.2, -0.15) is 17.9 Å². The molecule has 108 valence electrons. The van der Waals surface area contributed by atoms with Crippen molar-refractivity contribution in [2.75, 3.05) is 19.0 Å². The summed E-state index contributed by atoms with van der Waals surface area (Å²) in [6, 6.07) is 3.05. The molecule has 2 rings (SSSR count). The van der Waals surface area contributed by atoms with Gasteiger partial charge in [0.1, 0.15) is 0 Å². The maximum atomic E-state index is 12.7. The zero-order valence-corrected chi connectivity index (χ0v) is 10.8. The van der Waals surface area contributed by atoms with Gasteiger partial charge in [-0.15, -0.1) is 5.10 Å². The van der Waals surface area contributed by atoms with Gasteiger partial charge in [-0.1, -0.05) is 0 Å². The molecule has 0 aliphatic heterocycles. The topological polar surface area (TPSA) is 56.2 Å². The predicted octanol–water partition coefficient (Wildman–Crippen LogP) is 3.10. The molecule has 0 saturated heterocycles. The lowest BCUT2D eigenvalue weighted by molar-refractivity contribution is -0.137. The normalized spacial score (nSPS) is 11.7. The highest BCUT2D eigenvalue weighted by molar-refractivity contribution is 5.95. The molecule has 0 radical (unpaired) electrons. The number of hydrogen-bond acceptors (Lipinski definition) is 4. The van der Waals surface area contributed by atoms with Crippen LogP contribution in [0.2, 0.25) is 0 Å². The summed E-state index contributed by atoms with van der Waals surface area (Å²) in [5.74, 6) is 0.180. The molecule has 0 aliphatic rings. The van der Waals surface area contributed by atoms with Crippen LogP contribution in [0.1, 0.15) is 12.5 Å². The van der Waals surface area contributed by atoms with Crippen LogP contribution in [0, 0.1) is 0 Å². The summed E-state index contributed by atoms with van der Waals surface area (Å²) in [6.07, 6.45) is -5.19. The van der Waals surface area contributed by atoms with E-state index in [1.807, 2.05) is 0 Å². The molecule has 1 N–H and O–H groups in total.